The zero-order valence-corrected chi connectivity index (χ0v) is 7.24. The lowest BCUT2D eigenvalue weighted by Gasteiger charge is -2.28. The van der Waals surface area contributed by atoms with Crippen LogP contribution in [0, 0.1) is 0 Å². The molecule has 64 valence electrons. The molecule has 0 unspecified atom stereocenters. The number of nitrogens with zero attached hydrogens (tertiary/aromatic N) is 2. The molecule has 0 bridgehead atoms. The molecule has 0 amide bonds. The van der Waals surface area contributed by atoms with Crippen molar-refractivity contribution in [1.29, 1.82) is 0 Å². The summed E-state index contributed by atoms with van der Waals surface area (Å²) in [7, 11) is 0. The van der Waals surface area contributed by atoms with E-state index in [9.17, 15) is 0 Å². The van der Waals surface area contributed by atoms with Crippen molar-refractivity contribution in [3.05, 3.63) is 18.2 Å². The smallest absolute Gasteiger partial charge is 0.0950 e. The van der Waals surface area contributed by atoms with Crippen LogP contribution < -0.4 is 0 Å². The van der Waals surface area contributed by atoms with E-state index < -0.39 is 0 Å². The van der Waals surface area contributed by atoms with Gasteiger partial charge in [-0.2, -0.15) is 0 Å². The van der Waals surface area contributed by atoms with Crippen LogP contribution in [-0.4, -0.2) is 9.55 Å². The lowest BCUT2D eigenvalue weighted by Crippen LogP contribution is -2.17. The molecule has 0 saturated heterocycles. The average Bonchev–Trinajstić information content (AvgIpc) is 2.70. The molecule has 2 aliphatic carbocycles. The molecule has 0 aromatic carbocycles. The lowest BCUT2D eigenvalue weighted by atomic mass is 9.92. The summed E-state index contributed by atoms with van der Waals surface area (Å²) in [6.07, 6.45) is 11.0. The quantitative estimate of drug-likeness (QED) is 0.653. The molecular weight excluding hydrogens is 148 g/mol. The maximum absolute atomic E-state index is 4.25. The van der Waals surface area contributed by atoms with Gasteiger partial charge < -0.3 is 4.57 Å². The lowest BCUT2D eigenvalue weighted by molar-refractivity contribution is 0.307. The summed E-state index contributed by atoms with van der Waals surface area (Å²) in [6.45, 7) is 0. The van der Waals surface area contributed by atoms with Crippen LogP contribution in [0.25, 0.3) is 0 Å². The van der Waals surface area contributed by atoms with Crippen molar-refractivity contribution in [3.63, 3.8) is 0 Å². The monoisotopic (exact) mass is 162 g/mol. The third-order valence-corrected chi connectivity index (χ3v) is 3.16. The fourth-order valence-corrected chi connectivity index (χ4v) is 1.98. The Balaban J connectivity index is 1.91. The zero-order valence-electron chi connectivity index (χ0n) is 7.24. The number of rotatable bonds is 2. The Morgan fingerprint density at radius 1 is 1.25 bits per heavy atom. The van der Waals surface area contributed by atoms with Gasteiger partial charge in [-0.1, -0.05) is 0 Å². The molecule has 0 radical (unpaired) electrons. The van der Waals surface area contributed by atoms with Gasteiger partial charge in [-0.25, -0.2) is 4.98 Å². The Bertz CT molecular complexity index is 282. The fourth-order valence-electron chi connectivity index (χ4n) is 1.98. The van der Waals surface area contributed by atoms with Gasteiger partial charge in [-0.15, -0.1) is 0 Å². The van der Waals surface area contributed by atoms with Gasteiger partial charge in [0.2, 0.25) is 0 Å². The van der Waals surface area contributed by atoms with Crippen molar-refractivity contribution in [2.45, 2.75) is 44.1 Å². The number of hydrogen-bond acceptors (Lipinski definition) is 1. The van der Waals surface area contributed by atoms with Gasteiger partial charge in [-0.05, 0) is 32.1 Å². The molecule has 1 aromatic heterocycles. The number of hydrogen-bond donors (Lipinski definition) is 0. The van der Waals surface area contributed by atoms with Crippen LogP contribution in [0.2, 0.25) is 0 Å². The highest BCUT2D eigenvalue weighted by Gasteiger charge is 2.30. The zero-order chi connectivity index (χ0) is 7.97. The van der Waals surface area contributed by atoms with Crippen LogP contribution in [0.15, 0.2) is 12.5 Å². The Morgan fingerprint density at radius 3 is 2.67 bits per heavy atom. The molecule has 1 aromatic rings. The van der Waals surface area contributed by atoms with E-state index in [1.165, 1.54) is 37.8 Å². The summed E-state index contributed by atoms with van der Waals surface area (Å²) in [5.41, 5.74) is 1.50. The summed E-state index contributed by atoms with van der Waals surface area (Å²) in [4.78, 5) is 4.25. The first-order valence-corrected chi connectivity index (χ1v) is 4.97. The van der Waals surface area contributed by atoms with Gasteiger partial charge in [0.1, 0.15) is 0 Å². The standard InChI is InChI=1S/C10H14N2/c1-2-9(3-1)12-7-11-6-10(12)8-4-5-8/h6-9H,1-5H2. The highest BCUT2D eigenvalue weighted by Crippen LogP contribution is 2.43. The molecule has 2 nitrogen and oxygen atoms in total. The Kier molecular flexibility index (Phi) is 1.31. The molecule has 2 saturated carbocycles. The molecule has 0 N–H and O–H groups in total. The van der Waals surface area contributed by atoms with Crippen LogP contribution in [0.4, 0.5) is 0 Å². The molecule has 2 aliphatic rings. The minimum Gasteiger partial charge on any atom is -0.331 e. The summed E-state index contributed by atoms with van der Waals surface area (Å²) in [5, 5.41) is 0. The highest BCUT2D eigenvalue weighted by atomic mass is 15.1. The highest BCUT2D eigenvalue weighted by molar-refractivity contribution is 5.14. The van der Waals surface area contributed by atoms with Crippen LogP contribution in [0.1, 0.15) is 49.8 Å². The predicted molar refractivity (Wildman–Crippen MR) is 47.1 cm³/mol. The van der Waals surface area contributed by atoms with Crippen molar-refractivity contribution in [2.75, 3.05) is 0 Å². The van der Waals surface area contributed by atoms with Crippen LogP contribution in [0.3, 0.4) is 0 Å². The van der Waals surface area contributed by atoms with Crippen LogP contribution in [0.5, 0.6) is 0 Å². The first-order valence-electron chi connectivity index (χ1n) is 4.97. The summed E-state index contributed by atoms with van der Waals surface area (Å²) in [5.74, 6) is 0.855. The first-order chi connectivity index (χ1) is 5.95. The molecule has 2 fully saturated rings. The van der Waals surface area contributed by atoms with E-state index in [1.54, 1.807) is 0 Å². The molecule has 0 aliphatic heterocycles. The van der Waals surface area contributed by atoms with Gasteiger partial charge >= 0.3 is 0 Å². The summed E-state index contributed by atoms with van der Waals surface area (Å²) < 4.78 is 2.42. The molecule has 0 spiro atoms. The van der Waals surface area contributed by atoms with E-state index in [2.05, 4.69) is 15.7 Å². The minimum absolute atomic E-state index is 0.795. The van der Waals surface area contributed by atoms with E-state index in [4.69, 9.17) is 0 Å². The SMILES string of the molecule is c1ncn(C2CCC2)c1C1CC1. The van der Waals surface area contributed by atoms with Gasteiger partial charge in [0.05, 0.1) is 6.33 Å². The molecule has 3 rings (SSSR count). The van der Waals surface area contributed by atoms with Gasteiger partial charge in [0.25, 0.3) is 0 Å². The topological polar surface area (TPSA) is 17.8 Å². The Morgan fingerprint density at radius 2 is 2.08 bits per heavy atom. The van der Waals surface area contributed by atoms with Gasteiger partial charge in [0.15, 0.2) is 0 Å². The van der Waals surface area contributed by atoms with Crippen molar-refractivity contribution >= 4 is 0 Å². The second kappa shape index (κ2) is 2.35. The second-order valence-electron chi connectivity index (χ2n) is 4.08. The van der Waals surface area contributed by atoms with Gasteiger partial charge in [0, 0.05) is 23.9 Å². The largest absolute Gasteiger partial charge is 0.331 e. The fraction of sp³-hybridized carbons (Fsp3) is 0.700. The Labute approximate surface area is 72.6 Å². The Hall–Kier alpha value is -0.790. The number of aromatic nitrogens is 2. The van der Waals surface area contributed by atoms with E-state index in [1.807, 2.05) is 6.33 Å². The van der Waals surface area contributed by atoms with E-state index in [0.717, 1.165) is 12.0 Å². The molecule has 12 heavy (non-hydrogen) atoms. The van der Waals surface area contributed by atoms with E-state index in [0.29, 0.717) is 0 Å². The van der Waals surface area contributed by atoms with E-state index >= 15 is 0 Å². The molecule has 2 heteroatoms. The van der Waals surface area contributed by atoms with Crippen molar-refractivity contribution in [1.82, 2.24) is 9.55 Å². The van der Waals surface area contributed by atoms with Crippen molar-refractivity contribution < 1.29 is 0 Å². The summed E-state index contributed by atoms with van der Waals surface area (Å²) >= 11 is 0. The van der Waals surface area contributed by atoms with Gasteiger partial charge in [-0.3, -0.25) is 0 Å². The molecular formula is C10H14N2. The second-order valence-corrected chi connectivity index (χ2v) is 4.08. The third kappa shape index (κ3) is 0.904. The average molecular weight is 162 g/mol. The van der Waals surface area contributed by atoms with Crippen molar-refractivity contribution in [3.8, 4) is 0 Å². The third-order valence-electron chi connectivity index (χ3n) is 3.16. The molecule has 0 atom stereocenters. The van der Waals surface area contributed by atoms with Crippen LogP contribution in [-0.2, 0) is 0 Å². The molecule has 1 heterocycles. The summed E-state index contributed by atoms with van der Waals surface area (Å²) in [6, 6.07) is 0.795. The first kappa shape index (κ1) is 6.70. The number of imidazole rings is 1. The van der Waals surface area contributed by atoms with Crippen LogP contribution >= 0.6 is 0 Å². The van der Waals surface area contributed by atoms with E-state index in [-0.39, 0.29) is 0 Å². The van der Waals surface area contributed by atoms with Crippen molar-refractivity contribution in [2.24, 2.45) is 0 Å². The minimum atomic E-state index is 0.795. The maximum atomic E-state index is 4.25. The normalized spacial score (nSPS) is 24.0. The predicted octanol–water partition coefficient (Wildman–Crippen LogP) is 2.49. The maximum Gasteiger partial charge on any atom is 0.0950 e.